The van der Waals surface area contributed by atoms with Gasteiger partial charge < -0.3 is 14.2 Å². The highest BCUT2D eigenvalue weighted by Crippen LogP contribution is 2.40. The van der Waals surface area contributed by atoms with Crippen LogP contribution in [0.25, 0.3) is 39.2 Å². The van der Waals surface area contributed by atoms with Crippen molar-refractivity contribution in [2.45, 2.75) is 39.4 Å². The van der Waals surface area contributed by atoms with Gasteiger partial charge in [0.05, 0.1) is 11.3 Å². The Morgan fingerprint density at radius 1 is 0.897 bits per heavy atom. The molecule has 5 nitrogen and oxygen atoms in total. The lowest BCUT2D eigenvalue weighted by Crippen LogP contribution is -2.28. The molecule has 3 aromatic carbocycles. The minimum absolute atomic E-state index is 0.224. The van der Waals surface area contributed by atoms with Crippen LogP contribution in [-0.2, 0) is 9.53 Å². The number of carboxylic acid groups (broad SMARTS) is 1. The number of aryl methyl sites for hydroxylation is 1. The zero-order valence-electron chi connectivity index (χ0n) is 22.1. The first kappa shape index (κ1) is 26.3. The van der Waals surface area contributed by atoms with Crippen LogP contribution in [0.2, 0.25) is 0 Å². The number of halogens is 2. The third kappa shape index (κ3) is 5.18. The largest absolute Gasteiger partial charge is 0.479 e. The molecule has 0 fully saturated rings. The molecule has 198 valence electrons. The van der Waals surface area contributed by atoms with Gasteiger partial charge in [-0.1, -0.05) is 54.6 Å². The topological polar surface area (TPSA) is 63.8 Å². The molecule has 5 aromatic rings. The van der Waals surface area contributed by atoms with Gasteiger partial charge in [-0.15, -0.1) is 0 Å². The molecule has 0 aliphatic heterocycles. The van der Waals surface area contributed by atoms with Crippen LogP contribution in [0, 0.1) is 18.6 Å². The highest BCUT2D eigenvalue weighted by molar-refractivity contribution is 5.88. The molecule has 0 aliphatic rings. The predicted octanol–water partition coefficient (Wildman–Crippen LogP) is 7.86. The van der Waals surface area contributed by atoms with Crippen molar-refractivity contribution in [2.24, 2.45) is 0 Å². The summed E-state index contributed by atoms with van der Waals surface area (Å²) < 4.78 is 37.5. The van der Waals surface area contributed by atoms with E-state index in [-0.39, 0.29) is 11.4 Å². The molecule has 7 heteroatoms. The number of aromatic nitrogens is 2. The number of carboxylic acids is 1. The molecular weight excluding hydrogens is 498 g/mol. The molecule has 1 atom stereocenters. The molecule has 2 heterocycles. The first-order valence-corrected chi connectivity index (χ1v) is 12.6. The highest BCUT2D eigenvalue weighted by Gasteiger charge is 2.33. The number of carbonyl (C=O) groups is 1. The number of aliphatic carboxylic acids is 1. The Bertz CT molecular complexity index is 1700. The molecule has 2 aromatic heterocycles. The van der Waals surface area contributed by atoms with E-state index in [0.29, 0.717) is 39.2 Å². The fourth-order valence-corrected chi connectivity index (χ4v) is 4.81. The number of fused-ring (bicyclic) bond motifs is 1. The van der Waals surface area contributed by atoms with Crippen molar-refractivity contribution in [3.05, 3.63) is 108 Å². The van der Waals surface area contributed by atoms with Crippen LogP contribution < -0.4 is 0 Å². The van der Waals surface area contributed by atoms with E-state index in [2.05, 4.69) is 0 Å². The second-order valence-electron chi connectivity index (χ2n) is 10.4. The lowest BCUT2D eigenvalue weighted by atomic mass is 9.93. The lowest BCUT2D eigenvalue weighted by molar-refractivity contribution is -0.160. The first-order valence-electron chi connectivity index (χ1n) is 12.6. The molecular formula is C32H28F2N2O3. The van der Waals surface area contributed by atoms with E-state index < -0.39 is 23.5 Å². The average Bonchev–Trinajstić information content (AvgIpc) is 3.30. The van der Waals surface area contributed by atoms with Crippen LogP contribution in [0.3, 0.4) is 0 Å². The minimum Gasteiger partial charge on any atom is -0.479 e. The van der Waals surface area contributed by atoms with Gasteiger partial charge in [-0.2, -0.15) is 0 Å². The number of hydrogen-bond acceptors (Lipinski definition) is 3. The number of nitrogens with zero attached hydrogens (tertiary/aromatic N) is 2. The Balaban J connectivity index is 1.76. The molecule has 39 heavy (non-hydrogen) atoms. The van der Waals surface area contributed by atoms with Crippen LogP contribution in [0.15, 0.2) is 85.2 Å². The molecule has 0 unspecified atom stereocenters. The Morgan fingerprint density at radius 2 is 1.51 bits per heavy atom. The molecule has 0 radical (unpaired) electrons. The van der Waals surface area contributed by atoms with E-state index in [4.69, 9.17) is 9.72 Å². The smallest absolute Gasteiger partial charge is 0.337 e. The Kier molecular flexibility index (Phi) is 6.78. The molecule has 0 saturated carbocycles. The van der Waals surface area contributed by atoms with Crippen LogP contribution in [0.5, 0.6) is 0 Å². The second kappa shape index (κ2) is 10.1. The summed E-state index contributed by atoms with van der Waals surface area (Å²) in [5, 5.41) is 10.2. The van der Waals surface area contributed by atoms with Crippen molar-refractivity contribution >= 4 is 11.6 Å². The van der Waals surface area contributed by atoms with Gasteiger partial charge in [0.1, 0.15) is 17.3 Å². The van der Waals surface area contributed by atoms with Crippen LogP contribution in [0.1, 0.15) is 38.0 Å². The van der Waals surface area contributed by atoms with Crippen LogP contribution >= 0.6 is 0 Å². The van der Waals surface area contributed by atoms with Crippen LogP contribution in [-0.4, -0.2) is 26.1 Å². The van der Waals surface area contributed by atoms with E-state index in [1.807, 2.05) is 24.3 Å². The summed E-state index contributed by atoms with van der Waals surface area (Å²) in [5.74, 6) is -2.01. The summed E-state index contributed by atoms with van der Waals surface area (Å²) in [7, 11) is 0. The SMILES string of the molecule is Cc1cn2cc(-c3cccc(-c4ccccc4F)c3)nc2c(-c2ccccc2F)c1[C@H](OC(C)(C)C)C(=O)O. The van der Waals surface area contributed by atoms with E-state index in [0.717, 1.165) is 5.56 Å². The maximum Gasteiger partial charge on any atom is 0.337 e. The summed E-state index contributed by atoms with van der Waals surface area (Å²) in [6, 6.07) is 20.1. The summed E-state index contributed by atoms with van der Waals surface area (Å²) in [5.41, 5.74) is 3.61. The number of hydrogen-bond donors (Lipinski definition) is 1. The van der Waals surface area contributed by atoms with Gasteiger partial charge in [0, 0.05) is 40.2 Å². The number of benzene rings is 3. The quantitative estimate of drug-likeness (QED) is 0.245. The van der Waals surface area contributed by atoms with Gasteiger partial charge >= 0.3 is 5.97 Å². The second-order valence-corrected chi connectivity index (χ2v) is 10.4. The van der Waals surface area contributed by atoms with E-state index in [1.165, 1.54) is 12.1 Å². The Hall–Kier alpha value is -4.36. The van der Waals surface area contributed by atoms with Gasteiger partial charge in [-0.25, -0.2) is 18.6 Å². The number of ether oxygens (including phenoxy) is 1. The molecule has 0 amide bonds. The fourth-order valence-electron chi connectivity index (χ4n) is 4.81. The van der Waals surface area contributed by atoms with Gasteiger partial charge in [0.25, 0.3) is 0 Å². The Labute approximate surface area is 225 Å². The normalized spacial score (nSPS) is 12.6. The van der Waals surface area contributed by atoms with Gasteiger partial charge in [0.2, 0.25) is 0 Å². The zero-order valence-corrected chi connectivity index (χ0v) is 22.1. The number of pyridine rings is 1. The maximum atomic E-state index is 15.3. The highest BCUT2D eigenvalue weighted by atomic mass is 19.1. The van der Waals surface area contributed by atoms with Crippen molar-refractivity contribution in [3.8, 4) is 33.5 Å². The molecule has 0 bridgehead atoms. The summed E-state index contributed by atoms with van der Waals surface area (Å²) in [6.45, 7) is 7.10. The number of rotatable bonds is 6. The van der Waals surface area contributed by atoms with E-state index in [9.17, 15) is 14.3 Å². The van der Waals surface area contributed by atoms with Gasteiger partial charge in [0.15, 0.2) is 6.10 Å². The zero-order chi connectivity index (χ0) is 27.9. The van der Waals surface area contributed by atoms with E-state index in [1.54, 1.807) is 80.9 Å². The van der Waals surface area contributed by atoms with Crippen molar-refractivity contribution in [1.82, 2.24) is 9.38 Å². The number of imidazole rings is 1. The van der Waals surface area contributed by atoms with Gasteiger partial charge in [-0.05, 0) is 57.0 Å². The van der Waals surface area contributed by atoms with E-state index >= 15 is 4.39 Å². The van der Waals surface area contributed by atoms with Gasteiger partial charge in [-0.3, -0.25) is 0 Å². The standard InChI is InChI=1S/C32H28F2N2O3/c1-19-17-36-18-26(21-11-9-10-20(16-21)22-12-5-7-14-24(22)33)35-30(36)28(23-13-6-8-15-25(23)34)27(19)29(31(37)38)39-32(2,3)4/h5-18,29H,1-4H3,(H,37,38)/t29-/m0/s1. The van der Waals surface area contributed by atoms with Crippen LogP contribution in [0.4, 0.5) is 8.78 Å². The summed E-state index contributed by atoms with van der Waals surface area (Å²) >= 11 is 0. The maximum absolute atomic E-state index is 15.3. The molecule has 0 spiro atoms. The summed E-state index contributed by atoms with van der Waals surface area (Å²) in [4.78, 5) is 17.3. The van der Waals surface area contributed by atoms with Crippen molar-refractivity contribution in [1.29, 1.82) is 0 Å². The third-order valence-electron chi connectivity index (χ3n) is 6.43. The monoisotopic (exact) mass is 526 g/mol. The predicted molar refractivity (Wildman–Crippen MR) is 147 cm³/mol. The lowest BCUT2D eigenvalue weighted by Gasteiger charge is -2.28. The summed E-state index contributed by atoms with van der Waals surface area (Å²) in [6.07, 6.45) is 2.22. The minimum atomic E-state index is -1.35. The first-order chi connectivity index (χ1) is 18.5. The van der Waals surface area contributed by atoms with Crippen molar-refractivity contribution in [2.75, 3.05) is 0 Å². The molecule has 0 saturated heterocycles. The molecule has 0 aliphatic carbocycles. The Morgan fingerprint density at radius 3 is 2.13 bits per heavy atom. The fraction of sp³-hybridized carbons (Fsp3) is 0.188. The average molecular weight is 527 g/mol. The molecule has 5 rings (SSSR count). The van der Waals surface area contributed by atoms with Crippen molar-refractivity contribution < 1.29 is 23.4 Å². The third-order valence-corrected chi connectivity index (χ3v) is 6.43. The molecule has 1 N–H and O–H groups in total. The van der Waals surface area contributed by atoms with Crippen molar-refractivity contribution in [3.63, 3.8) is 0 Å².